The fourth-order valence-electron chi connectivity index (χ4n) is 1.97. The molecular formula is C13H15Cl2N3. The third-order valence-electron chi connectivity index (χ3n) is 2.80. The molecule has 0 saturated carbocycles. The van der Waals surface area contributed by atoms with E-state index in [0.717, 1.165) is 24.4 Å². The van der Waals surface area contributed by atoms with Crippen LogP contribution in [0.4, 0.5) is 0 Å². The van der Waals surface area contributed by atoms with Crippen molar-refractivity contribution in [2.45, 2.75) is 25.9 Å². The van der Waals surface area contributed by atoms with Crippen molar-refractivity contribution < 1.29 is 0 Å². The van der Waals surface area contributed by atoms with E-state index in [1.54, 1.807) is 24.4 Å². The summed E-state index contributed by atoms with van der Waals surface area (Å²) >= 11 is 12.3. The molecule has 0 aliphatic rings. The second-order valence-electron chi connectivity index (χ2n) is 4.09. The van der Waals surface area contributed by atoms with Crippen LogP contribution >= 0.6 is 23.2 Å². The minimum atomic E-state index is -0.409. The fraction of sp³-hybridized carbons (Fsp3) is 0.308. The highest BCUT2D eigenvalue weighted by Crippen LogP contribution is 2.31. The summed E-state index contributed by atoms with van der Waals surface area (Å²) < 4.78 is 2.03. The van der Waals surface area contributed by atoms with Gasteiger partial charge in [-0.3, -0.25) is 0 Å². The SMILES string of the molecule is CCCn1ccnc1C(N)c1c(Cl)cccc1Cl. The van der Waals surface area contributed by atoms with Gasteiger partial charge in [0.1, 0.15) is 5.82 Å². The molecule has 3 nitrogen and oxygen atoms in total. The summed E-state index contributed by atoms with van der Waals surface area (Å²) in [5.41, 5.74) is 6.97. The Morgan fingerprint density at radius 2 is 2.00 bits per heavy atom. The minimum Gasteiger partial charge on any atom is -0.333 e. The zero-order valence-corrected chi connectivity index (χ0v) is 11.6. The van der Waals surface area contributed by atoms with Crippen LogP contribution in [0, 0.1) is 0 Å². The predicted octanol–water partition coefficient (Wildman–Crippen LogP) is 3.65. The first kappa shape index (κ1) is 13.4. The van der Waals surface area contributed by atoms with Crippen molar-refractivity contribution >= 4 is 23.2 Å². The molecule has 0 radical (unpaired) electrons. The number of nitrogens with two attached hydrogens (primary N) is 1. The largest absolute Gasteiger partial charge is 0.333 e. The predicted molar refractivity (Wildman–Crippen MR) is 75.0 cm³/mol. The van der Waals surface area contributed by atoms with Crippen LogP contribution in [0.3, 0.4) is 0 Å². The molecular weight excluding hydrogens is 269 g/mol. The van der Waals surface area contributed by atoms with Gasteiger partial charge in [0.2, 0.25) is 0 Å². The Morgan fingerprint density at radius 3 is 2.61 bits per heavy atom. The van der Waals surface area contributed by atoms with Gasteiger partial charge >= 0.3 is 0 Å². The van der Waals surface area contributed by atoms with Gasteiger partial charge in [-0.1, -0.05) is 36.2 Å². The van der Waals surface area contributed by atoms with E-state index in [1.165, 1.54) is 0 Å². The van der Waals surface area contributed by atoms with E-state index in [0.29, 0.717) is 10.0 Å². The molecule has 2 N–H and O–H groups in total. The Kier molecular flexibility index (Phi) is 4.27. The molecule has 1 heterocycles. The molecule has 0 aliphatic carbocycles. The number of aryl methyl sites for hydroxylation is 1. The maximum absolute atomic E-state index is 6.24. The maximum Gasteiger partial charge on any atom is 0.130 e. The molecule has 1 atom stereocenters. The van der Waals surface area contributed by atoms with E-state index in [9.17, 15) is 0 Å². The van der Waals surface area contributed by atoms with Crippen molar-refractivity contribution in [2.75, 3.05) is 0 Å². The van der Waals surface area contributed by atoms with Gasteiger partial charge in [-0.05, 0) is 18.6 Å². The van der Waals surface area contributed by atoms with Crippen molar-refractivity contribution in [3.8, 4) is 0 Å². The third kappa shape index (κ3) is 2.53. The second kappa shape index (κ2) is 5.74. The molecule has 0 aliphatic heterocycles. The first-order valence-corrected chi connectivity index (χ1v) is 6.61. The zero-order chi connectivity index (χ0) is 13.1. The summed E-state index contributed by atoms with van der Waals surface area (Å²) in [4.78, 5) is 4.31. The zero-order valence-electron chi connectivity index (χ0n) is 10.1. The van der Waals surface area contributed by atoms with Gasteiger partial charge in [0, 0.05) is 34.5 Å². The molecule has 1 aromatic carbocycles. The molecule has 5 heteroatoms. The van der Waals surface area contributed by atoms with Gasteiger partial charge in [0.25, 0.3) is 0 Å². The standard InChI is InChI=1S/C13H15Cl2N3/c1-2-7-18-8-6-17-13(18)12(16)11-9(14)4-3-5-10(11)15/h3-6,8,12H,2,7,16H2,1H3. The Hall–Kier alpha value is -1.03. The summed E-state index contributed by atoms with van der Waals surface area (Å²) in [5, 5.41) is 1.14. The van der Waals surface area contributed by atoms with Crippen LogP contribution in [-0.2, 0) is 6.54 Å². The smallest absolute Gasteiger partial charge is 0.130 e. The lowest BCUT2D eigenvalue weighted by atomic mass is 10.1. The molecule has 2 aromatic rings. The summed E-state index contributed by atoms with van der Waals surface area (Å²) in [5.74, 6) is 0.784. The molecule has 1 unspecified atom stereocenters. The van der Waals surface area contributed by atoms with Crippen LogP contribution in [-0.4, -0.2) is 9.55 Å². The highest BCUT2D eigenvalue weighted by Gasteiger charge is 2.19. The molecule has 0 fully saturated rings. The Morgan fingerprint density at radius 1 is 1.33 bits per heavy atom. The van der Waals surface area contributed by atoms with Crippen molar-refractivity contribution in [3.05, 3.63) is 52.0 Å². The summed E-state index contributed by atoms with van der Waals surface area (Å²) in [6.45, 7) is 2.99. The highest BCUT2D eigenvalue weighted by atomic mass is 35.5. The van der Waals surface area contributed by atoms with E-state index < -0.39 is 6.04 Å². The number of nitrogens with zero attached hydrogens (tertiary/aromatic N) is 2. The quantitative estimate of drug-likeness (QED) is 0.931. The Balaban J connectivity index is 2.41. The molecule has 0 spiro atoms. The van der Waals surface area contributed by atoms with E-state index in [1.807, 2.05) is 10.8 Å². The number of halogens is 2. The minimum absolute atomic E-state index is 0.409. The number of imidazole rings is 1. The fourth-order valence-corrected chi connectivity index (χ4v) is 2.60. The number of hydrogen-bond acceptors (Lipinski definition) is 2. The Bertz CT molecular complexity index is 517. The van der Waals surface area contributed by atoms with Gasteiger partial charge < -0.3 is 10.3 Å². The number of aromatic nitrogens is 2. The van der Waals surface area contributed by atoms with Crippen LogP contribution in [0.25, 0.3) is 0 Å². The molecule has 2 rings (SSSR count). The van der Waals surface area contributed by atoms with E-state index >= 15 is 0 Å². The molecule has 0 amide bonds. The van der Waals surface area contributed by atoms with Crippen LogP contribution in [0.2, 0.25) is 10.0 Å². The van der Waals surface area contributed by atoms with Crippen LogP contribution < -0.4 is 5.73 Å². The van der Waals surface area contributed by atoms with Crippen molar-refractivity contribution in [2.24, 2.45) is 5.73 Å². The maximum atomic E-state index is 6.24. The summed E-state index contributed by atoms with van der Waals surface area (Å²) in [6, 6.07) is 4.97. The van der Waals surface area contributed by atoms with Gasteiger partial charge in [-0.25, -0.2) is 4.98 Å². The van der Waals surface area contributed by atoms with Gasteiger partial charge in [0.05, 0.1) is 6.04 Å². The average Bonchev–Trinajstić information content (AvgIpc) is 2.77. The summed E-state index contributed by atoms with van der Waals surface area (Å²) in [6.07, 6.45) is 4.69. The summed E-state index contributed by atoms with van der Waals surface area (Å²) in [7, 11) is 0. The van der Waals surface area contributed by atoms with E-state index in [4.69, 9.17) is 28.9 Å². The highest BCUT2D eigenvalue weighted by molar-refractivity contribution is 6.36. The lowest BCUT2D eigenvalue weighted by molar-refractivity contribution is 0.613. The topological polar surface area (TPSA) is 43.8 Å². The number of hydrogen-bond donors (Lipinski definition) is 1. The lowest BCUT2D eigenvalue weighted by Gasteiger charge is -2.16. The van der Waals surface area contributed by atoms with Crippen molar-refractivity contribution in [1.82, 2.24) is 9.55 Å². The van der Waals surface area contributed by atoms with Gasteiger partial charge in [0.15, 0.2) is 0 Å². The van der Waals surface area contributed by atoms with Crippen LogP contribution in [0.15, 0.2) is 30.6 Å². The number of benzene rings is 1. The van der Waals surface area contributed by atoms with Crippen LogP contribution in [0.1, 0.15) is 30.8 Å². The number of rotatable bonds is 4. The van der Waals surface area contributed by atoms with Crippen molar-refractivity contribution in [1.29, 1.82) is 0 Å². The van der Waals surface area contributed by atoms with Crippen molar-refractivity contribution in [3.63, 3.8) is 0 Å². The van der Waals surface area contributed by atoms with Gasteiger partial charge in [-0.2, -0.15) is 0 Å². The van der Waals surface area contributed by atoms with E-state index in [2.05, 4.69) is 11.9 Å². The van der Waals surface area contributed by atoms with E-state index in [-0.39, 0.29) is 0 Å². The molecule has 0 bridgehead atoms. The normalized spacial score (nSPS) is 12.7. The molecule has 18 heavy (non-hydrogen) atoms. The molecule has 1 aromatic heterocycles. The first-order chi connectivity index (χ1) is 8.65. The lowest BCUT2D eigenvalue weighted by Crippen LogP contribution is -2.18. The monoisotopic (exact) mass is 283 g/mol. The first-order valence-electron chi connectivity index (χ1n) is 5.85. The average molecular weight is 284 g/mol. The third-order valence-corrected chi connectivity index (χ3v) is 3.46. The second-order valence-corrected chi connectivity index (χ2v) is 4.91. The Labute approximate surface area is 117 Å². The molecule has 0 saturated heterocycles. The van der Waals surface area contributed by atoms with Crippen LogP contribution in [0.5, 0.6) is 0 Å². The molecule has 96 valence electrons. The van der Waals surface area contributed by atoms with Gasteiger partial charge in [-0.15, -0.1) is 0 Å².